The number of nitrogens with two attached hydrogens (primary N) is 1. The Balaban J connectivity index is 4.50. The van der Waals surface area contributed by atoms with Gasteiger partial charge in [-0.1, -0.05) is 0 Å². The number of rotatable bonds is 3. The Morgan fingerprint density at radius 2 is 1.64 bits per heavy atom. The third-order valence-corrected chi connectivity index (χ3v) is 1.57. The lowest BCUT2D eigenvalue weighted by molar-refractivity contribution is 0.135. The first-order valence-corrected chi connectivity index (χ1v) is 4.58. The van der Waals surface area contributed by atoms with Gasteiger partial charge in [-0.05, 0) is 27.7 Å². The average Bonchev–Trinajstić information content (AvgIpc) is 2.00. The highest BCUT2D eigenvalue weighted by Gasteiger charge is 2.22. The molecule has 0 fully saturated rings. The van der Waals surface area contributed by atoms with Crippen molar-refractivity contribution in [2.24, 2.45) is 10.7 Å². The summed E-state index contributed by atoms with van der Waals surface area (Å²) in [4.78, 5) is 4.01. The summed E-state index contributed by atoms with van der Waals surface area (Å²) in [5, 5.41) is 20.9. The van der Waals surface area contributed by atoms with Crippen molar-refractivity contribution in [1.82, 2.24) is 5.32 Å². The molecule has 0 bridgehead atoms. The fourth-order valence-electron chi connectivity index (χ4n) is 0.824. The molecule has 0 saturated heterocycles. The maximum absolute atomic E-state index is 8.98. The van der Waals surface area contributed by atoms with Gasteiger partial charge in [0, 0.05) is 5.54 Å². The Morgan fingerprint density at radius 1 is 1.21 bits per heavy atom. The SMILES string of the molecule is CC(CO)(CO)N=C(N)NC(C)(C)C. The zero-order valence-corrected chi connectivity index (χ0v) is 9.33. The lowest BCUT2D eigenvalue weighted by Crippen LogP contribution is -2.47. The molecule has 0 unspecified atom stereocenters. The largest absolute Gasteiger partial charge is 0.394 e. The van der Waals surface area contributed by atoms with Crippen molar-refractivity contribution >= 4 is 5.96 Å². The summed E-state index contributed by atoms with van der Waals surface area (Å²) in [6, 6.07) is 0. The Morgan fingerprint density at radius 3 is 1.93 bits per heavy atom. The van der Waals surface area contributed by atoms with E-state index in [9.17, 15) is 0 Å². The number of aliphatic hydroxyl groups excluding tert-OH is 2. The summed E-state index contributed by atoms with van der Waals surface area (Å²) in [6.45, 7) is 7.00. The van der Waals surface area contributed by atoms with Gasteiger partial charge in [0.25, 0.3) is 0 Å². The van der Waals surface area contributed by atoms with Crippen LogP contribution >= 0.6 is 0 Å². The smallest absolute Gasteiger partial charge is 0.189 e. The van der Waals surface area contributed by atoms with Crippen LogP contribution in [0.1, 0.15) is 27.7 Å². The molecule has 0 amide bonds. The van der Waals surface area contributed by atoms with Gasteiger partial charge in [0.2, 0.25) is 0 Å². The zero-order chi connectivity index (χ0) is 11.4. The molecule has 0 radical (unpaired) electrons. The molecule has 0 rings (SSSR count). The predicted octanol–water partition coefficient (Wildman–Crippen LogP) is -0.567. The van der Waals surface area contributed by atoms with Crippen molar-refractivity contribution in [2.75, 3.05) is 13.2 Å². The number of aliphatic imine (C=N–C) groups is 1. The maximum atomic E-state index is 8.98. The Hall–Kier alpha value is -0.810. The van der Waals surface area contributed by atoms with E-state index in [1.54, 1.807) is 6.92 Å². The molecule has 0 aliphatic rings. The second-order valence-electron chi connectivity index (χ2n) is 4.69. The van der Waals surface area contributed by atoms with Crippen molar-refractivity contribution in [3.63, 3.8) is 0 Å². The van der Waals surface area contributed by atoms with Crippen molar-refractivity contribution in [2.45, 2.75) is 38.8 Å². The van der Waals surface area contributed by atoms with E-state index in [2.05, 4.69) is 10.3 Å². The first kappa shape index (κ1) is 13.2. The summed E-state index contributed by atoms with van der Waals surface area (Å²) >= 11 is 0. The molecule has 0 spiro atoms. The normalized spacial score (nSPS) is 14.3. The van der Waals surface area contributed by atoms with E-state index < -0.39 is 5.54 Å². The van der Waals surface area contributed by atoms with E-state index in [0.29, 0.717) is 0 Å². The molecule has 0 saturated carbocycles. The first-order valence-electron chi connectivity index (χ1n) is 4.58. The molecule has 0 atom stereocenters. The maximum Gasteiger partial charge on any atom is 0.189 e. The van der Waals surface area contributed by atoms with E-state index in [1.165, 1.54) is 0 Å². The van der Waals surface area contributed by atoms with E-state index in [4.69, 9.17) is 15.9 Å². The van der Waals surface area contributed by atoms with Crippen LogP contribution in [0.25, 0.3) is 0 Å². The third-order valence-electron chi connectivity index (χ3n) is 1.57. The summed E-state index contributed by atoms with van der Waals surface area (Å²) in [7, 11) is 0. The molecule has 0 aliphatic carbocycles. The second kappa shape index (κ2) is 4.61. The van der Waals surface area contributed by atoms with Gasteiger partial charge >= 0.3 is 0 Å². The molecule has 5 N–H and O–H groups in total. The van der Waals surface area contributed by atoms with Crippen LogP contribution in [0.2, 0.25) is 0 Å². The molecule has 0 aromatic heterocycles. The van der Waals surface area contributed by atoms with E-state index in [-0.39, 0.29) is 24.7 Å². The standard InChI is InChI=1S/C9H21N3O2/c1-8(2,3)11-7(10)12-9(4,5-13)6-14/h13-14H,5-6H2,1-4H3,(H3,10,11,12). The molecular formula is C9H21N3O2. The van der Waals surface area contributed by atoms with Crippen molar-refractivity contribution in [1.29, 1.82) is 0 Å². The van der Waals surface area contributed by atoms with Gasteiger partial charge in [0.05, 0.1) is 13.2 Å². The zero-order valence-electron chi connectivity index (χ0n) is 9.33. The van der Waals surface area contributed by atoms with Crippen LogP contribution in [0, 0.1) is 0 Å². The first-order chi connectivity index (χ1) is 6.22. The number of hydrogen-bond acceptors (Lipinski definition) is 3. The molecule has 0 aliphatic heterocycles. The molecule has 0 aromatic carbocycles. The Kier molecular flexibility index (Phi) is 4.35. The van der Waals surface area contributed by atoms with Gasteiger partial charge < -0.3 is 21.3 Å². The van der Waals surface area contributed by atoms with Gasteiger partial charge in [0.1, 0.15) is 5.54 Å². The van der Waals surface area contributed by atoms with Gasteiger partial charge in [-0.3, -0.25) is 0 Å². The van der Waals surface area contributed by atoms with Gasteiger partial charge in [-0.15, -0.1) is 0 Å². The minimum Gasteiger partial charge on any atom is -0.394 e. The van der Waals surface area contributed by atoms with Crippen LogP contribution < -0.4 is 11.1 Å². The van der Waals surface area contributed by atoms with E-state index >= 15 is 0 Å². The molecule has 5 heteroatoms. The second-order valence-corrected chi connectivity index (χ2v) is 4.69. The molecule has 14 heavy (non-hydrogen) atoms. The molecule has 5 nitrogen and oxygen atoms in total. The summed E-state index contributed by atoms with van der Waals surface area (Å²) < 4.78 is 0. The van der Waals surface area contributed by atoms with Crippen molar-refractivity contribution in [3.8, 4) is 0 Å². The minimum absolute atomic E-state index is 0.181. The molecule has 0 heterocycles. The quantitative estimate of drug-likeness (QED) is 0.365. The van der Waals surface area contributed by atoms with E-state index in [0.717, 1.165) is 0 Å². The van der Waals surface area contributed by atoms with Gasteiger partial charge in [-0.2, -0.15) is 0 Å². The van der Waals surface area contributed by atoms with Crippen LogP contribution in [-0.2, 0) is 0 Å². The average molecular weight is 203 g/mol. The highest BCUT2D eigenvalue weighted by molar-refractivity contribution is 5.79. The van der Waals surface area contributed by atoms with Gasteiger partial charge in [-0.25, -0.2) is 4.99 Å². The summed E-state index contributed by atoms with van der Waals surface area (Å²) in [6.07, 6.45) is 0. The van der Waals surface area contributed by atoms with Crippen LogP contribution in [0.5, 0.6) is 0 Å². The number of nitrogens with one attached hydrogen (secondary N) is 1. The molecule has 0 aromatic rings. The lowest BCUT2D eigenvalue weighted by Gasteiger charge is -2.25. The van der Waals surface area contributed by atoms with E-state index in [1.807, 2.05) is 20.8 Å². The fourth-order valence-corrected chi connectivity index (χ4v) is 0.824. The number of hydrogen-bond donors (Lipinski definition) is 4. The number of nitrogens with zero attached hydrogens (tertiary/aromatic N) is 1. The summed E-state index contributed by atoms with van der Waals surface area (Å²) in [5.41, 5.74) is 4.52. The monoisotopic (exact) mass is 203 g/mol. The molecular weight excluding hydrogens is 182 g/mol. The highest BCUT2D eigenvalue weighted by Crippen LogP contribution is 2.07. The van der Waals surface area contributed by atoms with Crippen molar-refractivity contribution in [3.05, 3.63) is 0 Å². The Bertz CT molecular complexity index is 205. The number of aliphatic hydroxyl groups is 2. The van der Waals surface area contributed by atoms with Gasteiger partial charge in [0.15, 0.2) is 5.96 Å². The third kappa shape index (κ3) is 5.04. The number of guanidine groups is 1. The Labute approximate surface area is 85.0 Å². The van der Waals surface area contributed by atoms with Crippen molar-refractivity contribution < 1.29 is 10.2 Å². The fraction of sp³-hybridized carbons (Fsp3) is 0.889. The van der Waals surface area contributed by atoms with Crippen LogP contribution in [0.4, 0.5) is 0 Å². The van der Waals surface area contributed by atoms with Crippen LogP contribution in [-0.4, -0.2) is 40.5 Å². The minimum atomic E-state index is -0.914. The highest BCUT2D eigenvalue weighted by atomic mass is 16.3. The lowest BCUT2D eigenvalue weighted by atomic mass is 10.1. The summed E-state index contributed by atoms with van der Waals surface area (Å²) in [5.74, 6) is 0.225. The predicted molar refractivity (Wildman–Crippen MR) is 57.1 cm³/mol. The topological polar surface area (TPSA) is 90.9 Å². The van der Waals surface area contributed by atoms with Crippen LogP contribution in [0.15, 0.2) is 4.99 Å². The molecule has 84 valence electrons. The van der Waals surface area contributed by atoms with Crippen LogP contribution in [0.3, 0.4) is 0 Å².